The molecule has 0 radical (unpaired) electrons. The number of hydrogen-bond donors (Lipinski definition) is 1. The van der Waals surface area contributed by atoms with Crippen LogP contribution in [0.2, 0.25) is 5.15 Å². The number of hydrogen-bond acceptors (Lipinski definition) is 3. The standard InChI is InChI=1S/C12H18ClN3/c1-2-3-4-8-14-12-15-10-7-5-6-9(10)11(13)16-12/h2-8H2,1H3,(H,14,15,16). The Morgan fingerprint density at radius 1 is 1.25 bits per heavy atom. The van der Waals surface area contributed by atoms with Gasteiger partial charge in [0.2, 0.25) is 5.95 Å². The first kappa shape index (κ1) is 11.6. The van der Waals surface area contributed by atoms with E-state index in [2.05, 4.69) is 22.2 Å². The zero-order valence-electron chi connectivity index (χ0n) is 9.72. The van der Waals surface area contributed by atoms with Crippen molar-refractivity contribution >= 4 is 17.5 Å². The van der Waals surface area contributed by atoms with Gasteiger partial charge in [0.15, 0.2) is 0 Å². The summed E-state index contributed by atoms with van der Waals surface area (Å²) >= 11 is 6.12. The SMILES string of the molecule is CCCCCNc1nc(Cl)c2c(n1)CCC2. The minimum Gasteiger partial charge on any atom is -0.354 e. The Hall–Kier alpha value is -0.830. The van der Waals surface area contributed by atoms with Crippen molar-refractivity contribution in [3.8, 4) is 0 Å². The van der Waals surface area contributed by atoms with Gasteiger partial charge < -0.3 is 5.32 Å². The molecule has 2 rings (SSSR count). The van der Waals surface area contributed by atoms with Gasteiger partial charge in [-0.25, -0.2) is 9.97 Å². The average molecular weight is 240 g/mol. The molecule has 0 saturated carbocycles. The summed E-state index contributed by atoms with van der Waals surface area (Å²) in [7, 11) is 0. The predicted octanol–water partition coefficient (Wildman–Crippen LogP) is 3.22. The van der Waals surface area contributed by atoms with Gasteiger partial charge >= 0.3 is 0 Å². The lowest BCUT2D eigenvalue weighted by Crippen LogP contribution is -2.07. The Morgan fingerprint density at radius 3 is 2.94 bits per heavy atom. The van der Waals surface area contributed by atoms with Crippen LogP contribution in [0.5, 0.6) is 0 Å². The highest BCUT2D eigenvalue weighted by atomic mass is 35.5. The van der Waals surface area contributed by atoms with Crippen molar-refractivity contribution in [3.63, 3.8) is 0 Å². The minimum atomic E-state index is 0.639. The largest absolute Gasteiger partial charge is 0.354 e. The second kappa shape index (κ2) is 5.48. The zero-order chi connectivity index (χ0) is 11.4. The second-order valence-electron chi connectivity index (χ2n) is 4.25. The highest BCUT2D eigenvalue weighted by molar-refractivity contribution is 6.30. The molecule has 0 aliphatic heterocycles. The molecule has 0 amide bonds. The summed E-state index contributed by atoms with van der Waals surface area (Å²) in [6.45, 7) is 3.13. The van der Waals surface area contributed by atoms with Gasteiger partial charge in [0, 0.05) is 12.1 Å². The zero-order valence-corrected chi connectivity index (χ0v) is 10.5. The van der Waals surface area contributed by atoms with Crippen molar-refractivity contribution < 1.29 is 0 Å². The molecular weight excluding hydrogens is 222 g/mol. The van der Waals surface area contributed by atoms with E-state index in [-0.39, 0.29) is 0 Å². The molecule has 0 saturated heterocycles. The summed E-state index contributed by atoms with van der Waals surface area (Å²) in [6, 6.07) is 0. The van der Waals surface area contributed by atoms with Gasteiger partial charge in [-0.3, -0.25) is 0 Å². The Morgan fingerprint density at radius 2 is 2.12 bits per heavy atom. The average Bonchev–Trinajstić information content (AvgIpc) is 2.73. The van der Waals surface area contributed by atoms with Crippen molar-refractivity contribution in [2.45, 2.75) is 45.4 Å². The van der Waals surface area contributed by atoms with E-state index >= 15 is 0 Å². The summed E-state index contributed by atoms with van der Waals surface area (Å²) in [4.78, 5) is 8.79. The van der Waals surface area contributed by atoms with Gasteiger partial charge in [-0.1, -0.05) is 31.4 Å². The number of halogens is 1. The van der Waals surface area contributed by atoms with Crippen LogP contribution in [-0.2, 0) is 12.8 Å². The predicted molar refractivity (Wildman–Crippen MR) is 67.1 cm³/mol. The molecule has 0 atom stereocenters. The fourth-order valence-corrected chi connectivity index (χ4v) is 2.32. The third-order valence-corrected chi connectivity index (χ3v) is 3.26. The number of nitrogens with one attached hydrogen (secondary N) is 1. The number of fused-ring (bicyclic) bond motifs is 1. The van der Waals surface area contributed by atoms with Crippen LogP contribution in [-0.4, -0.2) is 16.5 Å². The Labute approximate surface area is 102 Å². The topological polar surface area (TPSA) is 37.8 Å². The fourth-order valence-electron chi connectivity index (χ4n) is 2.04. The van der Waals surface area contributed by atoms with Gasteiger partial charge in [0.1, 0.15) is 5.15 Å². The third kappa shape index (κ3) is 2.64. The maximum absolute atomic E-state index is 6.12. The van der Waals surface area contributed by atoms with E-state index in [1.165, 1.54) is 12.8 Å². The lowest BCUT2D eigenvalue weighted by molar-refractivity contribution is 0.740. The van der Waals surface area contributed by atoms with Crippen LogP contribution in [0, 0.1) is 0 Å². The number of aryl methyl sites for hydroxylation is 1. The van der Waals surface area contributed by atoms with Crippen molar-refractivity contribution in [2.75, 3.05) is 11.9 Å². The Bertz CT molecular complexity index is 366. The molecule has 1 aromatic heterocycles. The molecule has 4 heteroatoms. The molecule has 1 aliphatic rings. The smallest absolute Gasteiger partial charge is 0.224 e. The number of anilines is 1. The van der Waals surface area contributed by atoms with Crippen LogP contribution in [0.3, 0.4) is 0 Å². The van der Waals surface area contributed by atoms with Crippen LogP contribution >= 0.6 is 11.6 Å². The van der Waals surface area contributed by atoms with E-state index in [0.29, 0.717) is 11.1 Å². The van der Waals surface area contributed by atoms with Crippen molar-refractivity contribution in [1.29, 1.82) is 0 Å². The normalized spacial score (nSPS) is 13.9. The summed E-state index contributed by atoms with van der Waals surface area (Å²) in [5, 5.41) is 3.88. The molecule has 1 aliphatic carbocycles. The van der Waals surface area contributed by atoms with Crippen LogP contribution in [0.1, 0.15) is 43.9 Å². The lowest BCUT2D eigenvalue weighted by Gasteiger charge is -2.07. The van der Waals surface area contributed by atoms with Crippen molar-refractivity contribution in [1.82, 2.24) is 9.97 Å². The molecule has 1 heterocycles. The van der Waals surface area contributed by atoms with E-state index in [4.69, 9.17) is 11.6 Å². The Kier molecular flexibility index (Phi) is 3.99. The van der Waals surface area contributed by atoms with Crippen LogP contribution in [0.4, 0.5) is 5.95 Å². The molecule has 0 aromatic carbocycles. The molecule has 0 spiro atoms. The molecule has 1 aromatic rings. The van der Waals surface area contributed by atoms with E-state index in [1.54, 1.807) is 0 Å². The molecule has 3 nitrogen and oxygen atoms in total. The maximum atomic E-state index is 6.12. The molecule has 88 valence electrons. The highest BCUT2D eigenvalue weighted by Crippen LogP contribution is 2.26. The van der Waals surface area contributed by atoms with Crippen LogP contribution in [0.25, 0.3) is 0 Å². The molecule has 0 fully saturated rings. The maximum Gasteiger partial charge on any atom is 0.224 e. The number of aromatic nitrogens is 2. The van der Waals surface area contributed by atoms with E-state index < -0.39 is 0 Å². The van der Waals surface area contributed by atoms with Gasteiger partial charge in [-0.2, -0.15) is 0 Å². The molecule has 1 N–H and O–H groups in total. The van der Waals surface area contributed by atoms with Gasteiger partial charge in [0.05, 0.1) is 5.69 Å². The van der Waals surface area contributed by atoms with Crippen molar-refractivity contribution in [3.05, 3.63) is 16.4 Å². The first-order valence-electron chi connectivity index (χ1n) is 6.10. The van der Waals surface area contributed by atoms with Crippen LogP contribution in [0.15, 0.2) is 0 Å². The summed E-state index contributed by atoms with van der Waals surface area (Å²) < 4.78 is 0. The third-order valence-electron chi connectivity index (χ3n) is 2.95. The highest BCUT2D eigenvalue weighted by Gasteiger charge is 2.17. The quantitative estimate of drug-likeness (QED) is 0.633. The molecular formula is C12H18ClN3. The summed E-state index contributed by atoms with van der Waals surface area (Å²) in [5.74, 6) is 0.696. The van der Waals surface area contributed by atoms with E-state index in [0.717, 1.165) is 43.5 Å². The number of unbranched alkanes of at least 4 members (excludes halogenated alkanes) is 2. The fraction of sp³-hybridized carbons (Fsp3) is 0.667. The second-order valence-corrected chi connectivity index (χ2v) is 4.61. The van der Waals surface area contributed by atoms with Gasteiger partial charge in [-0.15, -0.1) is 0 Å². The van der Waals surface area contributed by atoms with Crippen LogP contribution < -0.4 is 5.32 Å². The van der Waals surface area contributed by atoms with Gasteiger partial charge in [0.25, 0.3) is 0 Å². The summed E-state index contributed by atoms with van der Waals surface area (Å²) in [5.41, 5.74) is 2.29. The first-order valence-corrected chi connectivity index (χ1v) is 6.48. The van der Waals surface area contributed by atoms with Crippen molar-refractivity contribution in [2.24, 2.45) is 0 Å². The Balaban J connectivity index is 1.97. The molecule has 0 unspecified atom stereocenters. The number of rotatable bonds is 5. The first-order chi connectivity index (χ1) is 7.81. The monoisotopic (exact) mass is 239 g/mol. The van der Waals surface area contributed by atoms with Gasteiger partial charge in [-0.05, 0) is 25.7 Å². The molecule has 16 heavy (non-hydrogen) atoms. The lowest BCUT2D eigenvalue weighted by atomic mass is 10.2. The minimum absolute atomic E-state index is 0.639. The summed E-state index contributed by atoms with van der Waals surface area (Å²) in [6.07, 6.45) is 6.86. The van der Waals surface area contributed by atoms with E-state index in [9.17, 15) is 0 Å². The van der Waals surface area contributed by atoms with E-state index in [1.807, 2.05) is 0 Å². The number of nitrogens with zero attached hydrogens (tertiary/aromatic N) is 2. The molecule has 0 bridgehead atoms.